The Balaban J connectivity index is 1.62. The fourth-order valence-electron chi connectivity index (χ4n) is 7.14. The molecule has 3 aromatic rings. The Morgan fingerprint density at radius 2 is 1.82 bits per heavy atom. The number of halogens is 1. The number of hydrogen-bond donors (Lipinski definition) is 2. The van der Waals surface area contributed by atoms with E-state index >= 15 is 0 Å². The van der Waals surface area contributed by atoms with E-state index in [1.165, 1.54) is 11.3 Å². The molecule has 0 aliphatic carbocycles. The number of carbonyl (C=O) groups is 3. The highest BCUT2D eigenvalue weighted by atomic mass is 35.5. The standard InChI is InChI=1S/C26H20ClN3O3S/c27-16-8-3-7-15-21(16)29-24(33)26(15)25(14-6-1-2-9-17(14)28-23(25)32)20(18-10-4-12-30(18)26)22(31)19-11-5-13-34-19/h1-3,5-9,11,13,18,20H,4,10,12H2,(H,28,32)(H,29,33)/t18-,20+,25-,26+/m0/s1. The first kappa shape index (κ1) is 20.4. The van der Waals surface area contributed by atoms with E-state index in [4.69, 9.17) is 11.6 Å². The summed E-state index contributed by atoms with van der Waals surface area (Å²) in [6.45, 7) is 0.620. The zero-order valence-electron chi connectivity index (χ0n) is 18.0. The molecule has 170 valence electrons. The van der Waals surface area contributed by atoms with Gasteiger partial charge in [-0.3, -0.25) is 19.3 Å². The number of carbonyl (C=O) groups excluding carboxylic acids is 3. The van der Waals surface area contributed by atoms with Gasteiger partial charge in [0.1, 0.15) is 11.0 Å². The molecule has 4 aliphatic rings. The minimum atomic E-state index is -1.42. The molecule has 2 aromatic carbocycles. The minimum absolute atomic E-state index is 0.0843. The van der Waals surface area contributed by atoms with Gasteiger partial charge in [-0.25, -0.2) is 0 Å². The van der Waals surface area contributed by atoms with Crippen LogP contribution in [0.4, 0.5) is 11.4 Å². The first-order valence-electron chi connectivity index (χ1n) is 11.4. The van der Waals surface area contributed by atoms with Gasteiger partial charge < -0.3 is 10.6 Å². The molecule has 0 radical (unpaired) electrons. The number of fused-ring (bicyclic) bond motifs is 7. The molecule has 0 saturated carbocycles. The van der Waals surface area contributed by atoms with Gasteiger partial charge in [0.2, 0.25) is 5.91 Å². The largest absolute Gasteiger partial charge is 0.325 e. The molecule has 2 saturated heterocycles. The Bertz CT molecular complexity index is 1410. The number of hydrogen-bond acceptors (Lipinski definition) is 5. The first-order chi connectivity index (χ1) is 16.5. The van der Waals surface area contributed by atoms with Crippen LogP contribution >= 0.6 is 22.9 Å². The normalized spacial score (nSPS) is 31.0. The lowest BCUT2D eigenvalue weighted by Gasteiger charge is -2.43. The minimum Gasteiger partial charge on any atom is -0.325 e. The molecule has 2 N–H and O–H groups in total. The van der Waals surface area contributed by atoms with Gasteiger partial charge in [-0.1, -0.05) is 48.0 Å². The molecule has 34 heavy (non-hydrogen) atoms. The molecule has 5 heterocycles. The molecule has 8 heteroatoms. The lowest BCUT2D eigenvalue weighted by Crippen LogP contribution is -2.62. The van der Waals surface area contributed by atoms with Crippen molar-refractivity contribution < 1.29 is 14.4 Å². The van der Waals surface area contributed by atoms with Crippen LogP contribution in [0.5, 0.6) is 0 Å². The number of Topliss-reactive ketones (excluding diaryl/α,β-unsaturated/α-hetero) is 1. The average Bonchev–Trinajstić information content (AvgIpc) is 3.62. The Labute approximate surface area is 204 Å². The second-order valence-corrected chi connectivity index (χ2v) is 10.7. The second kappa shape index (κ2) is 6.78. The number of nitrogens with zero attached hydrogens (tertiary/aromatic N) is 1. The summed E-state index contributed by atoms with van der Waals surface area (Å²) in [5, 5.41) is 8.34. The fraction of sp³-hybridized carbons (Fsp3) is 0.269. The third kappa shape index (κ3) is 2.10. The Kier molecular flexibility index (Phi) is 4.06. The zero-order chi connectivity index (χ0) is 23.2. The Morgan fingerprint density at radius 1 is 1.00 bits per heavy atom. The summed E-state index contributed by atoms with van der Waals surface area (Å²) >= 11 is 7.93. The second-order valence-electron chi connectivity index (χ2n) is 9.36. The summed E-state index contributed by atoms with van der Waals surface area (Å²) in [6, 6.07) is 16.3. The maximum atomic E-state index is 14.3. The molecule has 2 fully saturated rings. The molecule has 6 nitrogen and oxygen atoms in total. The van der Waals surface area contributed by atoms with Crippen molar-refractivity contribution in [1.29, 1.82) is 0 Å². The number of ketones is 1. The number of rotatable bonds is 2. The van der Waals surface area contributed by atoms with Crippen molar-refractivity contribution in [3.8, 4) is 0 Å². The summed E-state index contributed by atoms with van der Waals surface area (Å²) in [7, 11) is 0. The van der Waals surface area contributed by atoms with Crippen LogP contribution in [0.25, 0.3) is 0 Å². The van der Waals surface area contributed by atoms with Crippen LogP contribution in [-0.4, -0.2) is 35.1 Å². The lowest BCUT2D eigenvalue weighted by atomic mass is 9.57. The van der Waals surface area contributed by atoms with Crippen LogP contribution in [0.15, 0.2) is 60.0 Å². The Morgan fingerprint density at radius 3 is 2.65 bits per heavy atom. The molecule has 4 atom stereocenters. The molecule has 2 amide bonds. The van der Waals surface area contributed by atoms with Gasteiger partial charge in [0.05, 0.1) is 21.5 Å². The highest BCUT2D eigenvalue weighted by Gasteiger charge is 2.81. The van der Waals surface area contributed by atoms with Crippen molar-refractivity contribution in [2.75, 3.05) is 17.2 Å². The highest BCUT2D eigenvalue weighted by Crippen LogP contribution is 2.68. The molecular weight excluding hydrogens is 470 g/mol. The third-order valence-electron chi connectivity index (χ3n) is 8.13. The van der Waals surface area contributed by atoms with E-state index in [0.29, 0.717) is 38.9 Å². The van der Waals surface area contributed by atoms with Crippen molar-refractivity contribution in [2.24, 2.45) is 5.92 Å². The van der Waals surface area contributed by atoms with Crippen molar-refractivity contribution >= 4 is 51.9 Å². The molecule has 0 bridgehead atoms. The van der Waals surface area contributed by atoms with E-state index in [0.717, 1.165) is 12.8 Å². The van der Waals surface area contributed by atoms with Gasteiger partial charge in [-0.15, -0.1) is 11.3 Å². The summed E-state index contributed by atoms with van der Waals surface area (Å²) in [4.78, 5) is 45.5. The quantitative estimate of drug-likeness (QED) is 0.522. The average molecular weight is 490 g/mol. The van der Waals surface area contributed by atoms with Gasteiger partial charge in [0, 0.05) is 17.3 Å². The van der Waals surface area contributed by atoms with Gasteiger partial charge in [0.15, 0.2) is 5.78 Å². The number of benzene rings is 2. The van der Waals surface area contributed by atoms with Crippen LogP contribution in [0.2, 0.25) is 5.02 Å². The smallest absolute Gasteiger partial charge is 0.251 e. The van der Waals surface area contributed by atoms with Crippen LogP contribution in [0.1, 0.15) is 33.6 Å². The molecule has 4 aliphatic heterocycles. The lowest BCUT2D eigenvalue weighted by molar-refractivity contribution is -0.137. The highest BCUT2D eigenvalue weighted by molar-refractivity contribution is 7.12. The summed E-state index contributed by atoms with van der Waals surface area (Å²) in [5.74, 6) is -1.40. The topological polar surface area (TPSA) is 78.5 Å². The van der Waals surface area contributed by atoms with E-state index in [2.05, 4.69) is 15.5 Å². The van der Waals surface area contributed by atoms with Gasteiger partial charge in [-0.05, 0) is 48.5 Å². The van der Waals surface area contributed by atoms with Crippen molar-refractivity contribution in [3.05, 3.63) is 81.0 Å². The van der Waals surface area contributed by atoms with E-state index in [9.17, 15) is 14.4 Å². The monoisotopic (exact) mass is 489 g/mol. The molecule has 1 aromatic heterocycles. The zero-order valence-corrected chi connectivity index (χ0v) is 19.6. The number of thiophene rings is 1. The van der Waals surface area contributed by atoms with Crippen LogP contribution in [-0.2, 0) is 20.5 Å². The van der Waals surface area contributed by atoms with Crippen LogP contribution in [0.3, 0.4) is 0 Å². The predicted molar refractivity (Wildman–Crippen MR) is 130 cm³/mol. The van der Waals surface area contributed by atoms with Crippen LogP contribution < -0.4 is 10.6 Å². The molecule has 7 rings (SSSR count). The number of nitrogens with one attached hydrogen (secondary N) is 2. The number of anilines is 2. The van der Waals surface area contributed by atoms with Gasteiger partial charge >= 0.3 is 0 Å². The van der Waals surface area contributed by atoms with E-state index in [1.807, 2.05) is 53.9 Å². The molecule has 2 spiro atoms. The SMILES string of the molecule is O=C(c1cccs1)[C@H]1[C@@H]2CCCN2[C@]2(C(=O)Nc3c(Cl)cccc32)[C@]12C(=O)Nc1ccccc12. The summed E-state index contributed by atoms with van der Waals surface area (Å²) in [5.41, 5.74) is -0.239. The number of amides is 2. The van der Waals surface area contributed by atoms with Crippen molar-refractivity contribution in [2.45, 2.75) is 29.8 Å². The van der Waals surface area contributed by atoms with Gasteiger partial charge in [-0.2, -0.15) is 0 Å². The van der Waals surface area contributed by atoms with E-state index in [-0.39, 0.29) is 23.6 Å². The van der Waals surface area contributed by atoms with Crippen molar-refractivity contribution in [3.63, 3.8) is 0 Å². The predicted octanol–water partition coefficient (Wildman–Crippen LogP) is 4.42. The van der Waals surface area contributed by atoms with Crippen LogP contribution in [0, 0.1) is 5.92 Å². The summed E-state index contributed by atoms with van der Waals surface area (Å²) in [6.07, 6.45) is 1.59. The Hall–Kier alpha value is -3.00. The maximum Gasteiger partial charge on any atom is 0.251 e. The van der Waals surface area contributed by atoms with E-state index < -0.39 is 16.9 Å². The fourth-order valence-corrected chi connectivity index (χ4v) is 8.07. The number of para-hydroxylation sites is 2. The van der Waals surface area contributed by atoms with Gasteiger partial charge in [0.25, 0.3) is 5.91 Å². The van der Waals surface area contributed by atoms with Crippen molar-refractivity contribution in [1.82, 2.24) is 4.90 Å². The molecule has 0 unspecified atom stereocenters. The summed E-state index contributed by atoms with van der Waals surface area (Å²) < 4.78 is 0. The molecular formula is C26H20ClN3O3S. The third-order valence-corrected chi connectivity index (χ3v) is 9.33. The first-order valence-corrected chi connectivity index (χ1v) is 12.6. The maximum absolute atomic E-state index is 14.3. The van der Waals surface area contributed by atoms with E-state index in [1.54, 1.807) is 6.07 Å².